The maximum Gasteiger partial charge on any atom is 0.160 e. The maximum absolute atomic E-state index is 5.45. The molecule has 0 saturated heterocycles. The van der Waals surface area contributed by atoms with Crippen LogP contribution in [-0.2, 0) is 6.54 Å². The lowest BCUT2D eigenvalue weighted by atomic mass is 10.3. The van der Waals surface area contributed by atoms with Crippen LogP contribution in [0.3, 0.4) is 0 Å². The third-order valence-corrected chi connectivity index (χ3v) is 1.60. The lowest BCUT2D eigenvalue weighted by molar-refractivity contribution is 1.05. The molecule has 0 atom stereocenters. The van der Waals surface area contributed by atoms with Gasteiger partial charge in [0.25, 0.3) is 0 Å². The van der Waals surface area contributed by atoms with E-state index < -0.39 is 0 Å². The molecule has 0 fully saturated rings. The van der Waals surface area contributed by atoms with E-state index in [1.165, 1.54) is 0 Å². The summed E-state index contributed by atoms with van der Waals surface area (Å²) in [7, 11) is 0. The van der Waals surface area contributed by atoms with Crippen LogP contribution in [0.15, 0.2) is 24.7 Å². The van der Waals surface area contributed by atoms with E-state index in [1.807, 2.05) is 22.7 Å². The van der Waals surface area contributed by atoms with Gasteiger partial charge in [-0.25, -0.2) is 0 Å². The second-order valence-electron chi connectivity index (χ2n) is 2.34. The molecule has 0 spiro atoms. The molecule has 0 aromatic carbocycles. The minimum absolute atomic E-state index is 0.545. The molecule has 4 heteroatoms. The van der Waals surface area contributed by atoms with Crippen molar-refractivity contribution in [1.82, 2.24) is 14.6 Å². The zero-order chi connectivity index (χ0) is 7.68. The van der Waals surface area contributed by atoms with Crippen LogP contribution in [0.4, 0.5) is 0 Å². The molecule has 2 rings (SSSR count). The first kappa shape index (κ1) is 6.30. The third-order valence-electron chi connectivity index (χ3n) is 1.60. The summed E-state index contributed by atoms with van der Waals surface area (Å²) in [6.45, 7) is 0.545. The molecule has 0 aliphatic carbocycles. The topological polar surface area (TPSA) is 56.2 Å². The highest BCUT2D eigenvalue weighted by atomic mass is 15.2. The molecule has 2 N–H and O–H groups in total. The summed E-state index contributed by atoms with van der Waals surface area (Å²) >= 11 is 0. The van der Waals surface area contributed by atoms with Crippen LogP contribution in [0.5, 0.6) is 0 Å². The van der Waals surface area contributed by atoms with Crippen molar-refractivity contribution in [2.75, 3.05) is 0 Å². The highest BCUT2D eigenvalue weighted by Gasteiger charge is 1.94. The highest BCUT2D eigenvalue weighted by Crippen LogP contribution is 2.02. The van der Waals surface area contributed by atoms with Crippen LogP contribution in [0.25, 0.3) is 5.65 Å². The van der Waals surface area contributed by atoms with Gasteiger partial charge in [-0.3, -0.25) is 4.40 Å². The number of pyridine rings is 1. The van der Waals surface area contributed by atoms with E-state index in [4.69, 9.17) is 5.73 Å². The van der Waals surface area contributed by atoms with Crippen LogP contribution in [0.1, 0.15) is 5.56 Å². The first-order valence-corrected chi connectivity index (χ1v) is 3.38. The van der Waals surface area contributed by atoms with Crippen molar-refractivity contribution in [3.8, 4) is 0 Å². The molecule has 0 aliphatic heterocycles. The third kappa shape index (κ3) is 0.969. The van der Waals surface area contributed by atoms with Gasteiger partial charge < -0.3 is 5.73 Å². The normalized spacial score (nSPS) is 10.6. The standard InChI is InChI=1S/C7H8N4/c8-4-6-1-2-11-5-9-10-7(11)3-6/h1-3,5H,4,8H2. The van der Waals surface area contributed by atoms with E-state index in [0.717, 1.165) is 11.2 Å². The zero-order valence-electron chi connectivity index (χ0n) is 5.94. The summed E-state index contributed by atoms with van der Waals surface area (Å²) in [5.41, 5.74) is 7.37. The van der Waals surface area contributed by atoms with Crippen LogP contribution >= 0.6 is 0 Å². The molecule has 2 heterocycles. The van der Waals surface area contributed by atoms with Crippen molar-refractivity contribution in [3.05, 3.63) is 30.2 Å². The van der Waals surface area contributed by atoms with Crippen molar-refractivity contribution in [2.24, 2.45) is 5.73 Å². The Bertz CT molecular complexity index is 365. The molecular formula is C7H8N4. The molecule has 0 aliphatic rings. The fraction of sp³-hybridized carbons (Fsp3) is 0.143. The van der Waals surface area contributed by atoms with E-state index in [2.05, 4.69) is 10.2 Å². The predicted molar refractivity (Wildman–Crippen MR) is 40.9 cm³/mol. The van der Waals surface area contributed by atoms with Crippen molar-refractivity contribution in [3.63, 3.8) is 0 Å². The number of aromatic nitrogens is 3. The van der Waals surface area contributed by atoms with Gasteiger partial charge >= 0.3 is 0 Å². The van der Waals surface area contributed by atoms with E-state index in [1.54, 1.807) is 6.33 Å². The Morgan fingerprint density at radius 1 is 1.55 bits per heavy atom. The average molecular weight is 148 g/mol. The van der Waals surface area contributed by atoms with Crippen LogP contribution in [-0.4, -0.2) is 14.6 Å². The van der Waals surface area contributed by atoms with Gasteiger partial charge in [-0.05, 0) is 17.7 Å². The number of nitrogens with zero attached hydrogens (tertiary/aromatic N) is 3. The molecule has 0 saturated carbocycles. The molecule has 11 heavy (non-hydrogen) atoms. The lowest BCUT2D eigenvalue weighted by Gasteiger charge is -1.95. The van der Waals surface area contributed by atoms with Gasteiger partial charge in [0.05, 0.1) is 0 Å². The van der Waals surface area contributed by atoms with E-state index >= 15 is 0 Å². The second kappa shape index (κ2) is 2.32. The molecule has 0 bridgehead atoms. The number of fused-ring (bicyclic) bond motifs is 1. The van der Waals surface area contributed by atoms with Crippen molar-refractivity contribution in [1.29, 1.82) is 0 Å². The summed E-state index contributed by atoms with van der Waals surface area (Å²) in [6.07, 6.45) is 3.56. The Hall–Kier alpha value is -1.42. The molecule has 2 aromatic heterocycles. The van der Waals surface area contributed by atoms with Crippen LogP contribution < -0.4 is 5.73 Å². The molecule has 2 aromatic rings. The summed E-state index contributed by atoms with van der Waals surface area (Å²) < 4.78 is 1.85. The average Bonchev–Trinajstić information content (AvgIpc) is 2.50. The quantitative estimate of drug-likeness (QED) is 0.628. The maximum atomic E-state index is 5.45. The van der Waals surface area contributed by atoms with Gasteiger partial charge in [-0.2, -0.15) is 0 Å². The Morgan fingerprint density at radius 3 is 3.27 bits per heavy atom. The minimum atomic E-state index is 0.545. The minimum Gasteiger partial charge on any atom is -0.326 e. The van der Waals surface area contributed by atoms with Crippen molar-refractivity contribution >= 4 is 5.65 Å². The monoisotopic (exact) mass is 148 g/mol. The first-order chi connectivity index (χ1) is 5.40. The van der Waals surface area contributed by atoms with Gasteiger partial charge in [0.2, 0.25) is 0 Å². The largest absolute Gasteiger partial charge is 0.326 e. The van der Waals surface area contributed by atoms with Crippen molar-refractivity contribution in [2.45, 2.75) is 6.54 Å². The SMILES string of the molecule is NCc1ccn2cnnc2c1. The van der Waals surface area contributed by atoms with Crippen LogP contribution in [0.2, 0.25) is 0 Å². The lowest BCUT2D eigenvalue weighted by Crippen LogP contribution is -1.96. The molecule has 4 nitrogen and oxygen atoms in total. The second-order valence-corrected chi connectivity index (χ2v) is 2.34. The Labute approximate surface area is 63.7 Å². The molecule has 0 radical (unpaired) electrons. The number of hydrogen-bond acceptors (Lipinski definition) is 3. The predicted octanol–water partition coefficient (Wildman–Crippen LogP) is 0.188. The van der Waals surface area contributed by atoms with Gasteiger partial charge in [0.1, 0.15) is 6.33 Å². The van der Waals surface area contributed by atoms with E-state index in [-0.39, 0.29) is 0 Å². The number of nitrogens with two attached hydrogens (primary N) is 1. The molecule has 0 unspecified atom stereocenters. The Balaban J connectivity index is 2.67. The summed E-state index contributed by atoms with van der Waals surface area (Å²) in [6, 6.07) is 3.88. The molecule has 0 amide bonds. The molecule has 56 valence electrons. The van der Waals surface area contributed by atoms with Crippen molar-refractivity contribution < 1.29 is 0 Å². The van der Waals surface area contributed by atoms with Gasteiger partial charge in [0.15, 0.2) is 5.65 Å². The van der Waals surface area contributed by atoms with Gasteiger partial charge in [-0.1, -0.05) is 0 Å². The first-order valence-electron chi connectivity index (χ1n) is 3.38. The Kier molecular flexibility index (Phi) is 1.33. The smallest absolute Gasteiger partial charge is 0.160 e. The van der Waals surface area contributed by atoms with Gasteiger partial charge in [-0.15, -0.1) is 10.2 Å². The van der Waals surface area contributed by atoms with E-state index in [0.29, 0.717) is 6.54 Å². The number of rotatable bonds is 1. The fourth-order valence-electron chi connectivity index (χ4n) is 0.987. The molecular weight excluding hydrogens is 140 g/mol. The Morgan fingerprint density at radius 2 is 2.45 bits per heavy atom. The van der Waals surface area contributed by atoms with Gasteiger partial charge in [0, 0.05) is 12.7 Å². The number of hydrogen-bond donors (Lipinski definition) is 1. The van der Waals surface area contributed by atoms with E-state index in [9.17, 15) is 0 Å². The summed E-state index contributed by atoms with van der Waals surface area (Å²) in [5.74, 6) is 0. The summed E-state index contributed by atoms with van der Waals surface area (Å²) in [4.78, 5) is 0. The zero-order valence-corrected chi connectivity index (χ0v) is 5.94. The van der Waals surface area contributed by atoms with Crippen LogP contribution in [0, 0.1) is 0 Å². The fourth-order valence-corrected chi connectivity index (χ4v) is 0.987. The summed E-state index contributed by atoms with van der Waals surface area (Å²) in [5, 5.41) is 7.63. The highest BCUT2D eigenvalue weighted by molar-refractivity contribution is 5.39.